The molecule has 0 radical (unpaired) electrons. The summed E-state index contributed by atoms with van der Waals surface area (Å²) in [6, 6.07) is 0. The van der Waals surface area contributed by atoms with E-state index >= 15 is 0 Å². The average Bonchev–Trinajstić information content (AvgIpc) is 2.60. The Bertz CT molecular complexity index is 299. The Hall–Kier alpha value is -0.610. The van der Waals surface area contributed by atoms with Gasteiger partial charge in [0.2, 0.25) is 5.91 Å². The predicted octanol–water partition coefficient (Wildman–Crippen LogP) is 1.94. The van der Waals surface area contributed by atoms with E-state index in [-0.39, 0.29) is 5.41 Å². The van der Waals surface area contributed by atoms with E-state index in [9.17, 15) is 4.79 Å². The van der Waals surface area contributed by atoms with Crippen molar-refractivity contribution >= 4 is 5.91 Å². The maximum absolute atomic E-state index is 12.4. The van der Waals surface area contributed by atoms with Gasteiger partial charge in [-0.25, -0.2) is 0 Å². The fourth-order valence-corrected chi connectivity index (χ4v) is 2.46. The van der Waals surface area contributed by atoms with Gasteiger partial charge in [-0.2, -0.15) is 0 Å². The Morgan fingerprint density at radius 3 is 2.50 bits per heavy atom. The van der Waals surface area contributed by atoms with Gasteiger partial charge in [0.25, 0.3) is 0 Å². The molecule has 0 aromatic heterocycles. The number of amides is 1. The third-order valence-corrected chi connectivity index (χ3v) is 4.58. The van der Waals surface area contributed by atoms with E-state index in [0.717, 1.165) is 52.1 Å². The number of nitrogens with zero attached hydrogens (tertiary/aromatic N) is 2. The van der Waals surface area contributed by atoms with Gasteiger partial charge in [-0.15, -0.1) is 0 Å². The number of carbonyl (C=O) groups excluding carboxylic acids is 1. The van der Waals surface area contributed by atoms with E-state index in [4.69, 9.17) is 5.73 Å². The molecule has 1 rings (SSSR count). The molecule has 4 heteroatoms. The highest BCUT2D eigenvalue weighted by molar-refractivity contribution is 5.76. The van der Waals surface area contributed by atoms with Crippen molar-refractivity contribution in [3.05, 3.63) is 0 Å². The first kappa shape index (κ1) is 17.4. The number of rotatable bonds is 5. The van der Waals surface area contributed by atoms with Crippen LogP contribution in [0.2, 0.25) is 0 Å². The van der Waals surface area contributed by atoms with Gasteiger partial charge in [-0.1, -0.05) is 27.7 Å². The number of hydrogen-bond acceptors (Lipinski definition) is 3. The minimum atomic E-state index is 0.203. The minimum Gasteiger partial charge on any atom is -0.341 e. The van der Waals surface area contributed by atoms with Crippen molar-refractivity contribution in [1.82, 2.24) is 9.80 Å². The SMILES string of the molecule is CC(CC(=O)N1CCCN(CCCN)CC1)C(C)(C)C. The van der Waals surface area contributed by atoms with Gasteiger partial charge < -0.3 is 15.5 Å². The molecule has 1 amide bonds. The molecule has 1 aliphatic heterocycles. The summed E-state index contributed by atoms with van der Waals surface area (Å²) in [5.41, 5.74) is 5.77. The van der Waals surface area contributed by atoms with Crippen LogP contribution in [0, 0.1) is 11.3 Å². The number of carbonyl (C=O) groups is 1. The zero-order valence-electron chi connectivity index (χ0n) is 13.8. The van der Waals surface area contributed by atoms with Gasteiger partial charge in [0.1, 0.15) is 0 Å². The Morgan fingerprint density at radius 2 is 1.90 bits per heavy atom. The van der Waals surface area contributed by atoms with Gasteiger partial charge in [-0.05, 0) is 43.8 Å². The molecule has 2 N–H and O–H groups in total. The molecule has 0 aliphatic carbocycles. The summed E-state index contributed by atoms with van der Waals surface area (Å²) < 4.78 is 0. The molecule has 0 saturated carbocycles. The highest BCUT2D eigenvalue weighted by atomic mass is 16.2. The van der Waals surface area contributed by atoms with Crippen LogP contribution in [0.4, 0.5) is 0 Å². The molecular formula is C16H33N3O. The molecule has 1 atom stereocenters. The Labute approximate surface area is 124 Å². The summed E-state index contributed by atoms with van der Waals surface area (Å²) in [5, 5.41) is 0. The highest BCUT2D eigenvalue weighted by Crippen LogP contribution is 2.28. The van der Waals surface area contributed by atoms with E-state index < -0.39 is 0 Å². The van der Waals surface area contributed by atoms with Crippen LogP contribution < -0.4 is 5.73 Å². The Balaban J connectivity index is 2.42. The molecule has 1 saturated heterocycles. The predicted molar refractivity (Wildman–Crippen MR) is 84.5 cm³/mol. The second-order valence-electron chi connectivity index (χ2n) is 7.19. The molecule has 0 spiro atoms. The first-order valence-electron chi connectivity index (χ1n) is 8.04. The van der Waals surface area contributed by atoms with Crippen LogP contribution in [0.1, 0.15) is 47.0 Å². The molecule has 1 unspecified atom stereocenters. The fraction of sp³-hybridized carbons (Fsp3) is 0.938. The highest BCUT2D eigenvalue weighted by Gasteiger charge is 2.26. The number of nitrogens with two attached hydrogens (primary N) is 1. The molecular weight excluding hydrogens is 250 g/mol. The van der Waals surface area contributed by atoms with Crippen molar-refractivity contribution in [2.45, 2.75) is 47.0 Å². The summed E-state index contributed by atoms with van der Waals surface area (Å²) in [7, 11) is 0. The van der Waals surface area contributed by atoms with Crippen molar-refractivity contribution < 1.29 is 4.79 Å². The van der Waals surface area contributed by atoms with Crippen molar-refractivity contribution in [2.24, 2.45) is 17.1 Å². The molecule has 1 fully saturated rings. The molecule has 1 aliphatic rings. The molecule has 4 nitrogen and oxygen atoms in total. The van der Waals surface area contributed by atoms with E-state index in [1.165, 1.54) is 0 Å². The normalized spacial score (nSPS) is 19.8. The molecule has 0 aromatic rings. The maximum Gasteiger partial charge on any atom is 0.222 e. The zero-order valence-corrected chi connectivity index (χ0v) is 13.8. The van der Waals surface area contributed by atoms with Crippen LogP contribution in [0.15, 0.2) is 0 Å². The quantitative estimate of drug-likeness (QED) is 0.839. The average molecular weight is 283 g/mol. The molecule has 20 heavy (non-hydrogen) atoms. The monoisotopic (exact) mass is 283 g/mol. The van der Waals surface area contributed by atoms with Crippen LogP contribution in [-0.2, 0) is 4.79 Å². The van der Waals surface area contributed by atoms with Gasteiger partial charge in [0, 0.05) is 26.1 Å². The van der Waals surface area contributed by atoms with E-state index in [0.29, 0.717) is 18.2 Å². The van der Waals surface area contributed by atoms with E-state index in [1.54, 1.807) is 0 Å². The zero-order chi connectivity index (χ0) is 15.2. The fourth-order valence-electron chi connectivity index (χ4n) is 2.46. The summed E-state index contributed by atoms with van der Waals surface area (Å²) >= 11 is 0. The lowest BCUT2D eigenvalue weighted by Gasteiger charge is -2.29. The summed E-state index contributed by atoms with van der Waals surface area (Å²) in [5.74, 6) is 0.750. The Morgan fingerprint density at radius 1 is 1.20 bits per heavy atom. The van der Waals surface area contributed by atoms with Crippen LogP contribution in [0.25, 0.3) is 0 Å². The lowest BCUT2D eigenvalue weighted by molar-refractivity contribution is -0.132. The number of hydrogen-bond donors (Lipinski definition) is 1. The van der Waals surface area contributed by atoms with Crippen molar-refractivity contribution in [1.29, 1.82) is 0 Å². The third kappa shape index (κ3) is 5.80. The molecule has 0 bridgehead atoms. The lowest BCUT2D eigenvalue weighted by Crippen LogP contribution is -2.37. The summed E-state index contributed by atoms with van der Waals surface area (Å²) in [4.78, 5) is 16.9. The first-order valence-corrected chi connectivity index (χ1v) is 8.04. The third-order valence-electron chi connectivity index (χ3n) is 4.58. The molecule has 0 aromatic carbocycles. The van der Waals surface area contributed by atoms with E-state index in [1.807, 2.05) is 0 Å². The van der Waals surface area contributed by atoms with Crippen LogP contribution in [-0.4, -0.2) is 55.0 Å². The van der Waals surface area contributed by atoms with Gasteiger partial charge in [-0.3, -0.25) is 4.79 Å². The Kier molecular flexibility index (Phi) is 6.96. The minimum absolute atomic E-state index is 0.203. The van der Waals surface area contributed by atoms with Crippen LogP contribution in [0.3, 0.4) is 0 Å². The van der Waals surface area contributed by atoms with E-state index in [2.05, 4.69) is 37.5 Å². The first-order chi connectivity index (χ1) is 9.34. The molecule has 118 valence electrons. The summed E-state index contributed by atoms with van der Waals surface area (Å²) in [6.45, 7) is 14.5. The van der Waals surface area contributed by atoms with Gasteiger partial charge >= 0.3 is 0 Å². The van der Waals surface area contributed by atoms with Gasteiger partial charge in [0.05, 0.1) is 0 Å². The van der Waals surface area contributed by atoms with Crippen LogP contribution >= 0.6 is 0 Å². The lowest BCUT2D eigenvalue weighted by atomic mass is 9.80. The second-order valence-corrected chi connectivity index (χ2v) is 7.19. The van der Waals surface area contributed by atoms with Gasteiger partial charge in [0.15, 0.2) is 0 Å². The van der Waals surface area contributed by atoms with Crippen LogP contribution in [0.5, 0.6) is 0 Å². The summed E-state index contributed by atoms with van der Waals surface area (Å²) in [6.07, 6.45) is 2.81. The molecule has 1 heterocycles. The standard InChI is InChI=1S/C16H33N3O/c1-14(16(2,3)4)13-15(20)19-10-6-9-18(11-12-19)8-5-7-17/h14H,5-13,17H2,1-4H3. The largest absolute Gasteiger partial charge is 0.341 e. The topological polar surface area (TPSA) is 49.6 Å². The second kappa shape index (κ2) is 7.99. The van der Waals surface area contributed by atoms with Crippen molar-refractivity contribution in [3.63, 3.8) is 0 Å². The maximum atomic E-state index is 12.4. The smallest absolute Gasteiger partial charge is 0.222 e. The van der Waals surface area contributed by atoms with Crippen molar-refractivity contribution in [2.75, 3.05) is 39.3 Å². The van der Waals surface area contributed by atoms with Crippen molar-refractivity contribution in [3.8, 4) is 0 Å².